The summed E-state index contributed by atoms with van der Waals surface area (Å²) in [5.74, 6) is -2.73. The molecule has 0 heterocycles. The van der Waals surface area contributed by atoms with Gasteiger partial charge in [-0.05, 0) is 16.7 Å². The van der Waals surface area contributed by atoms with Crippen LogP contribution in [0.5, 0.6) is 0 Å². The molecule has 0 aliphatic heterocycles. The summed E-state index contributed by atoms with van der Waals surface area (Å²) in [6.45, 7) is 6.45. The number of esters is 2. The maximum absolute atomic E-state index is 12.5. The predicted octanol–water partition coefficient (Wildman–Crippen LogP) is 2.27. The SMILES string of the molecule is COC(=O)[C@H]1[C@H](C(=O)OC)[C@@H]([Si](C)(C)C)c2ccccc2[C@H]1O. The molecule has 1 aliphatic carbocycles. The van der Waals surface area contributed by atoms with Gasteiger partial charge in [-0.25, -0.2) is 0 Å². The lowest BCUT2D eigenvalue weighted by Gasteiger charge is -2.44. The van der Waals surface area contributed by atoms with Gasteiger partial charge in [-0.15, -0.1) is 0 Å². The van der Waals surface area contributed by atoms with E-state index in [1.807, 2.05) is 24.3 Å². The zero-order chi connectivity index (χ0) is 17.4. The van der Waals surface area contributed by atoms with Gasteiger partial charge in [0.1, 0.15) is 5.92 Å². The molecule has 6 heteroatoms. The topological polar surface area (TPSA) is 72.8 Å². The summed E-state index contributed by atoms with van der Waals surface area (Å²) >= 11 is 0. The fourth-order valence-electron chi connectivity index (χ4n) is 3.69. The lowest BCUT2D eigenvalue weighted by molar-refractivity contribution is -0.164. The average molecular weight is 336 g/mol. The van der Waals surface area contributed by atoms with Gasteiger partial charge in [0.25, 0.3) is 0 Å². The highest BCUT2D eigenvalue weighted by Gasteiger charge is 2.53. The van der Waals surface area contributed by atoms with Crippen molar-refractivity contribution in [3.8, 4) is 0 Å². The van der Waals surface area contributed by atoms with Crippen molar-refractivity contribution >= 4 is 20.0 Å². The van der Waals surface area contributed by atoms with Gasteiger partial charge in [-0.2, -0.15) is 0 Å². The van der Waals surface area contributed by atoms with E-state index in [1.54, 1.807) is 0 Å². The number of carbonyl (C=O) groups is 2. The third-order valence-electron chi connectivity index (χ3n) is 4.62. The summed E-state index contributed by atoms with van der Waals surface area (Å²) in [4.78, 5) is 24.8. The van der Waals surface area contributed by atoms with Crippen LogP contribution in [-0.2, 0) is 19.1 Å². The second-order valence-corrected chi connectivity index (χ2v) is 12.4. The standard InChI is InChI=1S/C17H24O5Si/c1-21-16(19)12-13(17(20)22-2)15(23(3,4)5)11-9-7-6-8-10(11)14(12)18/h6-9,12-15,18H,1-5H3/t12-,13-,14+,15-/m0/s1. The minimum atomic E-state index is -1.90. The van der Waals surface area contributed by atoms with Crippen LogP contribution in [0.3, 0.4) is 0 Å². The highest BCUT2D eigenvalue weighted by Crippen LogP contribution is 2.49. The van der Waals surface area contributed by atoms with Crippen molar-refractivity contribution < 1.29 is 24.2 Å². The van der Waals surface area contributed by atoms with E-state index in [-0.39, 0.29) is 5.54 Å². The fourth-order valence-corrected chi connectivity index (χ4v) is 6.31. The van der Waals surface area contributed by atoms with Gasteiger partial charge in [0.05, 0.1) is 34.3 Å². The molecule has 0 saturated carbocycles. The van der Waals surface area contributed by atoms with Crippen molar-refractivity contribution in [2.75, 3.05) is 14.2 Å². The molecule has 0 unspecified atom stereocenters. The number of aliphatic hydroxyl groups excluding tert-OH is 1. The maximum atomic E-state index is 12.5. The first-order valence-electron chi connectivity index (χ1n) is 7.66. The van der Waals surface area contributed by atoms with E-state index in [1.165, 1.54) is 14.2 Å². The van der Waals surface area contributed by atoms with Gasteiger partial charge in [0.15, 0.2) is 0 Å². The molecular formula is C17H24O5Si. The Kier molecular flexibility index (Phi) is 4.96. The summed E-state index contributed by atoms with van der Waals surface area (Å²) in [6.07, 6.45) is -1.07. The molecule has 0 fully saturated rings. The Hall–Kier alpha value is -1.66. The van der Waals surface area contributed by atoms with Crippen molar-refractivity contribution in [3.63, 3.8) is 0 Å². The molecule has 5 nitrogen and oxygen atoms in total. The lowest BCUT2D eigenvalue weighted by atomic mass is 9.73. The number of rotatable bonds is 3. The Balaban J connectivity index is 2.71. The zero-order valence-corrected chi connectivity index (χ0v) is 15.2. The Labute approximate surface area is 137 Å². The summed E-state index contributed by atoms with van der Waals surface area (Å²) in [6, 6.07) is 7.48. The monoisotopic (exact) mass is 336 g/mol. The Bertz CT molecular complexity index is 607. The van der Waals surface area contributed by atoms with E-state index in [0.717, 1.165) is 5.56 Å². The van der Waals surface area contributed by atoms with Crippen LogP contribution in [-0.4, -0.2) is 39.3 Å². The van der Waals surface area contributed by atoms with Crippen LogP contribution in [0.2, 0.25) is 19.6 Å². The van der Waals surface area contributed by atoms with Crippen LogP contribution in [0.15, 0.2) is 24.3 Å². The van der Waals surface area contributed by atoms with Crippen LogP contribution in [0, 0.1) is 11.8 Å². The van der Waals surface area contributed by atoms with E-state index in [0.29, 0.717) is 5.56 Å². The third-order valence-corrected chi connectivity index (χ3v) is 7.15. The number of aliphatic hydroxyl groups is 1. The van der Waals surface area contributed by atoms with Crippen molar-refractivity contribution in [1.29, 1.82) is 0 Å². The van der Waals surface area contributed by atoms with Gasteiger partial charge in [0.2, 0.25) is 0 Å². The highest BCUT2D eigenvalue weighted by molar-refractivity contribution is 6.77. The molecule has 1 aliphatic rings. The number of fused-ring (bicyclic) bond motifs is 1. The first kappa shape index (κ1) is 17.7. The quantitative estimate of drug-likeness (QED) is 0.677. The molecular weight excluding hydrogens is 312 g/mol. The molecule has 4 atom stereocenters. The zero-order valence-electron chi connectivity index (χ0n) is 14.2. The van der Waals surface area contributed by atoms with Crippen molar-refractivity contribution in [2.24, 2.45) is 11.8 Å². The summed E-state index contributed by atoms with van der Waals surface area (Å²) in [5.41, 5.74) is 1.52. The Morgan fingerprint density at radius 2 is 1.43 bits per heavy atom. The van der Waals surface area contributed by atoms with E-state index in [4.69, 9.17) is 9.47 Å². The minimum Gasteiger partial charge on any atom is -0.469 e. The highest BCUT2D eigenvalue weighted by atomic mass is 28.3. The molecule has 0 aromatic heterocycles. The normalized spacial score (nSPS) is 27.0. The van der Waals surface area contributed by atoms with Crippen LogP contribution < -0.4 is 0 Å². The second-order valence-electron chi connectivity index (χ2n) is 7.02. The van der Waals surface area contributed by atoms with Gasteiger partial charge >= 0.3 is 11.9 Å². The molecule has 1 N–H and O–H groups in total. The molecule has 0 saturated heterocycles. The molecule has 0 amide bonds. The number of ether oxygens (including phenoxy) is 2. The van der Waals surface area contributed by atoms with E-state index in [2.05, 4.69) is 19.6 Å². The molecule has 23 heavy (non-hydrogen) atoms. The van der Waals surface area contributed by atoms with Gasteiger partial charge < -0.3 is 14.6 Å². The summed E-state index contributed by atoms with van der Waals surface area (Å²) in [5, 5.41) is 10.7. The maximum Gasteiger partial charge on any atom is 0.312 e. The fraction of sp³-hybridized carbons (Fsp3) is 0.529. The Morgan fingerprint density at radius 1 is 0.957 bits per heavy atom. The molecule has 126 valence electrons. The number of hydrogen-bond donors (Lipinski definition) is 1. The minimum absolute atomic E-state index is 0.126. The van der Waals surface area contributed by atoms with Crippen molar-refractivity contribution in [3.05, 3.63) is 35.4 Å². The largest absolute Gasteiger partial charge is 0.469 e. The summed E-state index contributed by atoms with van der Waals surface area (Å²) < 4.78 is 9.84. The van der Waals surface area contributed by atoms with Gasteiger partial charge in [-0.3, -0.25) is 9.59 Å². The molecule has 0 radical (unpaired) electrons. The smallest absolute Gasteiger partial charge is 0.312 e. The van der Waals surface area contributed by atoms with Crippen LogP contribution >= 0.6 is 0 Å². The molecule has 1 aromatic carbocycles. The number of carbonyl (C=O) groups excluding carboxylic acids is 2. The van der Waals surface area contributed by atoms with Crippen LogP contribution in [0.4, 0.5) is 0 Å². The Morgan fingerprint density at radius 3 is 1.91 bits per heavy atom. The van der Waals surface area contributed by atoms with Crippen molar-refractivity contribution in [2.45, 2.75) is 31.3 Å². The predicted molar refractivity (Wildman–Crippen MR) is 88.5 cm³/mol. The number of benzene rings is 1. The van der Waals surface area contributed by atoms with Gasteiger partial charge in [0, 0.05) is 0 Å². The number of hydrogen-bond acceptors (Lipinski definition) is 5. The average Bonchev–Trinajstić information content (AvgIpc) is 2.52. The van der Waals surface area contributed by atoms with Gasteiger partial charge in [-0.1, -0.05) is 43.9 Å². The van der Waals surface area contributed by atoms with Crippen molar-refractivity contribution in [1.82, 2.24) is 0 Å². The van der Waals surface area contributed by atoms with Crippen LogP contribution in [0.25, 0.3) is 0 Å². The summed E-state index contributed by atoms with van der Waals surface area (Å²) in [7, 11) is 0.682. The second kappa shape index (κ2) is 6.45. The van der Waals surface area contributed by atoms with Crippen LogP contribution in [0.1, 0.15) is 22.8 Å². The van der Waals surface area contributed by atoms with E-state index >= 15 is 0 Å². The lowest BCUT2D eigenvalue weighted by Crippen LogP contribution is -2.50. The van der Waals surface area contributed by atoms with E-state index in [9.17, 15) is 14.7 Å². The molecule has 2 rings (SSSR count). The van der Waals surface area contributed by atoms with E-state index < -0.39 is 38.0 Å². The molecule has 1 aromatic rings. The molecule has 0 bridgehead atoms. The number of methoxy groups -OCH3 is 2. The third kappa shape index (κ3) is 3.05. The molecule has 0 spiro atoms. The first-order valence-corrected chi connectivity index (χ1v) is 11.2. The first-order chi connectivity index (χ1) is 10.7.